The molecule has 234 valence electrons. The summed E-state index contributed by atoms with van der Waals surface area (Å²) in [5.41, 5.74) is 1.78. The van der Waals surface area contributed by atoms with Crippen LogP contribution in [0.3, 0.4) is 0 Å². The zero-order valence-corrected chi connectivity index (χ0v) is 27.1. The normalized spacial score (nSPS) is 14.7. The molecule has 46 heavy (non-hydrogen) atoms. The third kappa shape index (κ3) is 5.33. The molecule has 0 unspecified atom stereocenters. The highest BCUT2D eigenvalue weighted by atomic mass is 35.5. The van der Waals surface area contributed by atoms with Crippen molar-refractivity contribution in [2.24, 2.45) is 4.99 Å². The Hall–Kier alpha value is -4.93. The number of furan rings is 1. The average molecular weight is 656 g/mol. The fraction of sp³-hybridized carbons (Fsp3) is 0.200. The molecule has 9 nitrogen and oxygen atoms in total. The maximum absolute atomic E-state index is 14.3. The lowest BCUT2D eigenvalue weighted by atomic mass is 9.90. The first-order valence-electron chi connectivity index (χ1n) is 14.7. The minimum atomic E-state index is -1.09. The fourth-order valence-corrected chi connectivity index (χ4v) is 7.07. The average Bonchev–Trinajstić information content (AvgIpc) is 3.64. The van der Waals surface area contributed by atoms with E-state index in [4.69, 9.17) is 25.7 Å². The van der Waals surface area contributed by atoms with E-state index in [1.165, 1.54) is 29.5 Å². The monoisotopic (exact) mass is 655 g/mol. The lowest BCUT2D eigenvalue weighted by Crippen LogP contribution is -2.43. The first kappa shape index (κ1) is 31.1. The number of rotatable bonds is 8. The number of methoxy groups -OCH3 is 1. The van der Waals surface area contributed by atoms with E-state index in [1.807, 2.05) is 50.2 Å². The Morgan fingerprint density at radius 1 is 1.11 bits per heavy atom. The van der Waals surface area contributed by atoms with Gasteiger partial charge in [-0.1, -0.05) is 53.3 Å². The minimum Gasteiger partial charge on any atom is -0.496 e. The summed E-state index contributed by atoms with van der Waals surface area (Å²) < 4.78 is 13.8. The Morgan fingerprint density at radius 2 is 1.87 bits per heavy atom. The van der Waals surface area contributed by atoms with Gasteiger partial charge in [0.05, 0.1) is 33.5 Å². The van der Waals surface area contributed by atoms with E-state index in [2.05, 4.69) is 0 Å². The van der Waals surface area contributed by atoms with Crippen molar-refractivity contribution in [2.75, 3.05) is 20.2 Å². The number of fused-ring (bicyclic) bond motifs is 2. The number of likely N-dealkylation sites (N-methyl/N-ethyl adjacent to an activating group) is 1. The molecule has 0 saturated carbocycles. The zero-order chi connectivity index (χ0) is 32.7. The lowest BCUT2D eigenvalue weighted by molar-refractivity contribution is -0.127. The van der Waals surface area contributed by atoms with E-state index >= 15 is 0 Å². The van der Waals surface area contributed by atoms with Crippen LogP contribution in [0, 0.1) is 0 Å². The number of hydrogen-bond acceptors (Lipinski definition) is 7. The number of aromatic carboxylic acids is 1. The van der Waals surface area contributed by atoms with Crippen LogP contribution in [-0.2, 0) is 4.79 Å². The molecule has 1 aliphatic rings. The van der Waals surface area contributed by atoms with Crippen molar-refractivity contribution in [2.45, 2.75) is 26.8 Å². The van der Waals surface area contributed by atoms with Crippen LogP contribution in [-0.4, -0.2) is 46.6 Å². The van der Waals surface area contributed by atoms with Crippen LogP contribution >= 0.6 is 22.9 Å². The molecule has 1 atom stereocenters. The van der Waals surface area contributed by atoms with Gasteiger partial charge in [-0.25, -0.2) is 9.79 Å². The topological polar surface area (TPSA) is 114 Å². The fourth-order valence-electron chi connectivity index (χ4n) is 5.84. The van der Waals surface area contributed by atoms with Gasteiger partial charge in [0, 0.05) is 30.3 Å². The second-order valence-electron chi connectivity index (χ2n) is 10.7. The summed E-state index contributed by atoms with van der Waals surface area (Å²) in [5, 5.41) is 11.6. The van der Waals surface area contributed by atoms with E-state index in [0.29, 0.717) is 67.1 Å². The smallest absolute Gasteiger partial charge is 0.335 e. The minimum absolute atomic E-state index is 0.0694. The van der Waals surface area contributed by atoms with Crippen LogP contribution in [0.1, 0.15) is 48.5 Å². The molecule has 1 amide bonds. The highest BCUT2D eigenvalue weighted by molar-refractivity contribution is 7.07. The van der Waals surface area contributed by atoms with Gasteiger partial charge in [-0.05, 0) is 67.9 Å². The number of nitrogens with zero attached hydrogens (tertiary/aromatic N) is 3. The number of carbonyl (C=O) groups is 2. The van der Waals surface area contributed by atoms with Crippen molar-refractivity contribution >= 4 is 51.7 Å². The third-order valence-electron chi connectivity index (χ3n) is 8.11. The lowest BCUT2D eigenvalue weighted by Gasteiger charge is -2.30. The van der Waals surface area contributed by atoms with E-state index in [-0.39, 0.29) is 17.0 Å². The second kappa shape index (κ2) is 12.5. The molecule has 11 heteroatoms. The number of amides is 1. The summed E-state index contributed by atoms with van der Waals surface area (Å²) in [7, 11) is 1.58. The van der Waals surface area contributed by atoms with E-state index < -0.39 is 12.0 Å². The maximum Gasteiger partial charge on any atom is 0.335 e. The predicted molar refractivity (Wildman–Crippen MR) is 178 cm³/mol. The van der Waals surface area contributed by atoms with Crippen molar-refractivity contribution in [1.29, 1.82) is 0 Å². The Bertz CT molecular complexity index is 2240. The Balaban J connectivity index is 1.56. The number of carbonyl (C=O) groups excluding carboxylic acids is 1. The number of allylic oxidation sites excluding steroid dienone is 1. The number of hydrogen-bond donors (Lipinski definition) is 1. The quantitative estimate of drug-likeness (QED) is 0.223. The standard InChI is InChI=1S/C35H30ClN3O6S/c1-5-38(6-2)33(41)29-19(3)37-35-39(31(29)30-23-10-8-7-9-20(23)12-15-27(30)44-4)32(40)28(46-35)18-22-13-16-26(45-22)24-17-21(34(42)43)11-14-25(24)36/h7-18,31H,5-6H2,1-4H3,(H,42,43)/b28-18+/t31-/m1/s1. The Kier molecular flexibility index (Phi) is 8.41. The van der Waals surface area contributed by atoms with Crippen molar-refractivity contribution in [3.63, 3.8) is 0 Å². The molecule has 0 radical (unpaired) electrons. The van der Waals surface area contributed by atoms with Crippen LogP contribution in [0.5, 0.6) is 5.75 Å². The summed E-state index contributed by atoms with van der Waals surface area (Å²) in [5.74, 6) is -0.0112. The number of halogens is 1. The molecular formula is C35H30ClN3O6S. The number of thiazole rings is 1. The van der Waals surface area contributed by atoms with Crippen LogP contribution in [0.25, 0.3) is 28.2 Å². The van der Waals surface area contributed by atoms with Gasteiger partial charge in [-0.3, -0.25) is 14.2 Å². The SMILES string of the molecule is CCN(CC)C(=O)C1=C(C)N=c2s/c(=C/c3ccc(-c4cc(C(=O)O)ccc4Cl)o3)c(=O)n2[C@H]1c1c(OC)ccc2ccccc12. The van der Waals surface area contributed by atoms with Gasteiger partial charge in [0.15, 0.2) is 4.80 Å². The molecule has 1 aliphatic heterocycles. The first-order valence-corrected chi connectivity index (χ1v) is 15.9. The maximum atomic E-state index is 14.3. The summed E-state index contributed by atoms with van der Waals surface area (Å²) >= 11 is 7.55. The highest BCUT2D eigenvalue weighted by Gasteiger charge is 2.36. The Morgan fingerprint density at radius 3 is 2.59 bits per heavy atom. The molecule has 0 fully saturated rings. The van der Waals surface area contributed by atoms with Crippen molar-refractivity contribution in [1.82, 2.24) is 9.47 Å². The largest absolute Gasteiger partial charge is 0.496 e. The number of carboxylic acids is 1. The predicted octanol–water partition coefficient (Wildman–Crippen LogP) is 5.88. The zero-order valence-electron chi connectivity index (χ0n) is 25.5. The van der Waals surface area contributed by atoms with Gasteiger partial charge in [0.1, 0.15) is 23.3 Å². The van der Waals surface area contributed by atoms with Crippen molar-refractivity contribution < 1.29 is 23.8 Å². The summed E-state index contributed by atoms with van der Waals surface area (Å²) in [6.07, 6.45) is 1.62. The number of aromatic nitrogens is 1. The summed E-state index contributed by atoms with van der Waals surface area (Å²) in [4.78, 5) is 46.9. The molecule has 1 N–H and O–H groups in total. The van der Waals surface area contributed by atoms with Gasteiger partial charge in [0.25, 0.3) is 11.5 Å². The molecule has 6 rings (SSSR count). The Labute approximate surface area is 272 Å². The van der Waals surface area contributed by atoms with Crippen molar-refractivity contribution in [3.8, 4) is 17.1 Å². The van der Waals surface area contributed by atoms with Gasteiger partial charge in [0.2, 0.25) is 0 Å². The van der Waals surface area contributed by atoms with Crippen molar-refractivity contribution in [3.05, 3.63) is 120 Å². The molecule has 0 aliphatic carbocycles. The van der Waals surface area contributed by atoms with Crippen LogP contribution in [0.15, 0.2) is 92.2 Å². The van der Waals surface area contributed by atoms with E-state index in [9.17, 15) is 19.5 Å². The van der Waals surface area contributed by atoms with Crippen LogP contribution < -0.4 is 19.6 Å². The third-order valence-corrected chi connectivity index (χ3v) is 9.42. The van der Waals surface area contributed by atoms with E-state index in [1.54, 1.807) is 41.7 Å². The van der Waals surface area contributed by atoms with Gasteiger partial charge >= 0.3 is 5.97 Å². The molecule has 3 heterocycles. The first-order chi connectivity index (χ1) is 22.2. The number of benzene rings is 3. The molecule has 0 bridgehead atoms. The molecule has 5 aromatic rings. The highest BCUT2D eigenvalue weighted by Crippen LogP contribution is 2.40. The van der Waals surface area contributed by atoms with Gasteiger partial charge < -0.3 is 19.2 Å². The molecule has 2 aromatic heterocycles. The number of ether oxygens (including phenoxy) is 1. The van der Waals surface area contributed by atoms with Crippen LogP contribution in [0.4, 0.5) is 0 Å². The summed E-state index contributed by atoms with van der Waals surface area (Å²) in [6, 6.07) is 18.5. The molecule has 0 saturated heterocycles. The summed E-state index contributed by atoms with van der Waals surface area (Å²) in [6.45, 7) is 6.63. The number of carboxylic acid groups (broad SMARTS) is 1. The molecule has 0 spiro atoms. The molecule has 3 aromatic carbocycles. The second-order valence-corrected chi connectivity index (χ2v) is 12.1. The van der Waals surface area contributed by atoms with E-state index in [0.717, 1.165) is 10.8 Å². The van der Waals surface area contributed by atoms with Gasteiger partial charge in [-0.2, -0.15) is 0 Å². The molecular weight excluding hydrogens is 626 g/mol. The van der Waals surface area contributed by atoms with Crippen LogP contribution in [0.2, 0.25) is 5.02 Å². The van der Waals surface area contributed by atoms with Gasteiger partial charge in [-0.15, -0.1) is 0 Å².